The lowest BCUT2D eigenvalue weighted by Crippen LogP contribution is -1.87. The highest BCUT2D eigenvalue weighted by Gasteiger charge is 2.08. The van der Waals surface area contributed by atoms with E-state index >= 15 is 0 Å². The Kier molecular flexibility index (Phi) is 4.58. The predicted octanol–water partition coefficient (Wildman–Crippen LogP) is 3.68. The van der Waals surface area contributed by atoms with Gasteiger partial charge in [0.15, 0.2) is 12.2 Å². The van der Waals surface area contributed by atoms with Crippen LogP contribution in [-0.2, 0) is 0 Å². The van der Waals surface area contributed by atoms with E-state index in [-0.39, 0.29) is 0 Å². The summed E-state index contributed by atoms with van der Waals surface area (Å²) >= 11 is 0. The second-order valence-corrected chi connectivity index (χ2v) is 3.07. The van der Waals surface area contributed by atoms with E-state index in [9.17, 15) is 0 Å². The summed E-state index contributed by atoms with van der Waals surface area (Å²) in [7, 11) is 1.65. The number of rotatable bonds is 2. The van der Waals surface area contributed by atoms with Gasteiger partial charge in [-0.1, -0.05) is 19.9 Å². The lowest BCUT2D eigenvalue weighted by molar-refractivity contribution is 0.414. The van der Waals surface area contributed by atoms with Crippen molar-refractivity contribution in [3.05, 3.63) is 36.4 Å². The van der Waals surface area contributed by atoms with Crippen molar-refractivity contribution in [2.75, 3.05) is 7.11 Å². The monoisotopic (exact) mass is 219 g/mol. The van der Waals surface area contributed by atoms with Crippen LogP contribution >= 0.6 is 0 Å². The van der Waals surface area contributed by atoms with Crippen molar-refractivity contribution in [3.63, 3.8) is 0 Å². The van der Waals surface area contributed by atoms with Crippen LogP contribution in [0.5, 0.6) is 5.75 Å². The number of aromatic nitrogens is 1. The summed E-state index contributed by atoms with van der Waals surface area (Å²) in [5.74, 6) is 1.53. The topological polar surface area (TPSA) is 35.3 Å². The number of aryl methyl sites for hydroxylation is 1. The Balaban J connectivity index is 0.000000606. The fourth-order valence-electron chi connectivity index (χ4n) is 1.35. The summed E-state index contributed by atoms with van der Waals surface area (Å²) < 4.78 is 10.5. The highest BCUT2D eigenvalue weighted by molar-refractivity contribution is 5.65. The molecule has 16 heavy (non-hydrogen) atoms. The number of benzene rings is 1. The Morgan fingerprint density at radius 2 is 2.00 bits per heavy atom. The second kappa shape index (κ2) is 5.95. The molecule has 1 heterocycles. The van der Waals surface area contributed by atoms with Crippen LogP contribution in [0, 0.1) is 6.92 Å². The van der Waals surface area contributed by atoms with E-state index in [1.165, 1.54) is 6.39 Å². The minimum absolute atomic E-state index is 0.724. The molecule has 1 aromatic carbocycles. The molecule has 0 aliphatic heterocycles. The van der Waals surface area contributed by atoms with Crippen LogP contribution in [0.1, 0.15) is 19.4 Å². The zero-order valence-electron chi connectivity index (χ0n) is 10.2. The van der Waals surface area contributed by atoms with Crippen molar-refractivity contribution < 1.29 is 9.15 Å². The Labute approximate surface area is 96.1 Å². The molecule has 2 aromatic rings. The van der Waals surface area contributed by atoms with Gasteiger partial charge in [0, 0.05) is 0 Å². The lowest BCUT2D eigenvalue weighted by atomic mass is 10.1. The Hall–Kier alpha value is -1.77. The highest BCUT2D eigenvalue weighted by atomic mass is 16.5. The minimum atomic E-state index is 0.724. The van der Waals surface area contributed by atoms with E-state index < -0.39 is 0 Å². The number of ether oxygens (including phenoxy) is 1. The first-order chi connectivity index (χ1) is 7.81. The molecule has 0 spiro atoms. The predicted molar refractivity (Wildman–Crippen MR) is 64.6 cm³/mol. The molecule has 0 unspecified atom stereocenters. The van der Waals surface area contributed by atoms with Gasteiger partial charge in [0.2, 0.25) is 0 Å². The first-order valence-electron chi connectivity index (χ1n) is 5.35. The maximum absolute atomic E-state index is 5.26. The van der Waals surface area contributed by atoms with Crippen molar-refractivity contribution >= 4 is 0 Å². The Morgan fingerprint density at radius 3 is 2.56 bits per heavy atom. The average Bonchev–Trinajstić information content (AvgIpc) is 2.85. The van der Waals surface area contributed by atoms with Gasteiger partial charge in [-0.05, 0) is 24.6 Å². The summed E-state index contributed by atoms with van der Waals surface area (Å²) in [5.41, 5.74) is 2.08. The van der Waals surface area contributed by atoms with E-state index in [0.717, 1.165) is 22.6 Å². The molecule has 86 valence electrons. The number of methoxy groups -OCH3 is 1. The first kappa shape index (κ1) is 12.3. The summed E-state index contributed by atoms with van der Waals surface area (Å²) in [6, 6.07) is 5.95. The SMILES string of the molecule is CC.COc1cc(C)ccc1-c1cnco1. The van der Waals surface area contributed by atoms with E-state index in [4.69, 9.17) is 9.15 Å². The van der Waals surface area contributed by atoms with E-state index in [0.29, 0.717) is 0 Å². The minimum Gasteiger partial charge on any atom is -0.496 e. The normalized spacial score (nSPS) is 9.25. The molecule has 1 aromatic heterocycles. The molecule has 0 atom stereocenters. The Bertz CT molecular complexity index is 422. The van der Waals surface area contributed by atoms with Gasteiger partial charge >= 0.3 is 0 Å². The third-order valence-corrected chi connectivity index (χ3v) is 2.05. The zero-order valence-corrected chi connectivity index (χ0v) is 10.2. The van der Waals surface area contributed by atoms with E-state index in [1.807, 2.05) is 39.0 Å². The number of hydrogen-bond acceptors (Lipinski definition) is 3. The molecule has 0 amide bonds. The maximum atomic E-state index is 5.26. The average molecular weight is 219 g/mol. The van der Waals surface area contributed by atoms with Gasteiger partial charge in [-0.15, -0.1) is 0 Å². The van der Waals surface area contributed by atoms with Crippen LogP contribution in [0.4, 0.5) is 0 Å². The highest BCUT2D eigenvalue weighted by Crippen LogP contribution is 2.30. The third kappa shape index (κ3) is 2.63. The summed E-state index contributed by atoms with van der Waals surface area (Å²) in [6.45, 7) is 6.02. The molecule has 0 N–H and O–H groups in total. The molecule has 3 nitrogen and oxygen atoms in total. The summed E-state index contributed by atoms with van der Waals surface area (Å²) in [5, 5.41) is 0. The van der Waals surface area contributed by atoms with Crippen molar-refractivity contribution in [1.29, 1.82) is 0 Å². The standard InChI is InChI=1S/C11H11NO2.C2H6/c1-8-3-4-9(10(5-8)13-2)11-6-12-7-14-11;1-2/h3-7H,1-2H3;1-2H3. The smallest absolute Gasteiger partial charge is 0.181 e. The fraction of sp³-hybridized carbons (Fsp3) is 0.308. The quantitative estimate of drug-likeness (QED) is 0.772. The van der Waals surface area contributed by atoms with E-state index in [2.05, 4.69) is 4.98 Å². The molecule has 0 radical (unpaired) electrons. The van der Waals surface area contributed by atoms with Gasteiger partial charge in [-0.3, -0.25) is 0 Å². The van der Waals surface area contributed by atoms with Crippen LogP contribution in [0.25, 0.3) is 11.3 Å². The zero-order chi connectivity index (χ0) is 12.0. The number of hydrogen-bond donors (Lipinski definition) is 0. The molecule has 3 heteroatoms. The van der Waals surface area contributed by atoms with Crippen molar-refractivity contribution in [2.24, 2.45) is 0 Å². The van der Waals surface area contributed by atoms with Gasteiger partial charge in [-0.2, -0.15) is 0 Å². The molecule has 0 aliphatic rings. The van der Waals surface area contributed by atoms with Gasteiger partial charge in [0.1, 0.15) is 5.75 Å². The summed E-state index contributed by atoms with van der Waals surface area (Å²) in [6.07, 6.45) is 3.09. The third-order valence-electron chi connectivity index (χ3n) is 2.05. The summed E-state index contributed by atoms with van der Waals surface area (Å²) in [4.78, 5) is 3.87. The van der Waals surface area contributed by atoms with Gasteiger partial charge in [-0.25, -0.2) is 4.98 Å². The molecule has 0 saturated heterocycles. The second-order valence-electron chi connectivity index (χ2n) is 3.07. The molecule has 0 bridgehead atoms. The Morgan fingerprint density at radius 1 is 1.25 bits per heavy atom. The number of nitrogens with zero attached hydrogens (tertiary/aromatic N) is 1. The first-order valence-corrected chi connectivity index (χ1v) is 5.35. The molecule has 0 fully saturated rings. The van der Waals surface area contributed by atoms with Crippen LogP contribution in [0.15, 0.2) is 35.2 Å². The van der Waals surface area contributed by atoms with E-state index in [1.54, 1.807) is 13.3 Å². The molecule has 0 aliphatic carbocycles. The van der Waals surface area contributed by atoms with Crippen LogP contribution in [0.3, 0.4) is 0 Å². The van der Waals surface area contributed by atoms with Crippen LogP contribution < -0.4 is 4.74 Å². The van der Waals surface area contributed by atoms with Crippen molar-refractivity contribution in [3.8, 4) is 17.1 Å². The molecular weight excluding hydrogens is 202 g/mol. The van der Waals surface area contributed by atoms with Crippen molar-refractivity contribution in [2.45, 2.75) is 20.8 Å². The lowest BCUT2D eigenvalue weighted by Gasteiger charge is -2.06. The van der Waals surface area contributed by atoms with Gasteiger partial charge in [0.25, 0.3) is 0 Å². The maximum Gasteiger partial charge on any atom is 0.181 e. The van der Waals surface area contributed by atoms with Crippen LogP contribution in [-0.4, -0.2) is 12.1 Å². The van der Waals surface area contributed by atoms with Gasteiger partial charge in [0.05, 0.1) is 18.9 Å². The van der Waals surface area contributed by atoms with Crippen molar-refractivity contribution in [1.82, 2.24) is 4.98 Å². The molecule has 0 saturated carbocycles. The van der Waals surface area contributed by atoms with Gasteiger partial charge < -0.3 is 9.15 Å². The molecular formula is C13H17NO2. The molecule has 2 rings (SSSR count). The number of oxazole rings is 1. The fourth-order valence-corrected chi connectivity index (χ4v) is 1.35. The largest absolute Gasteiger partial charge is 0.496 e. The van der Waals surface area contributed by atoms with Crippen LogP contribution in [0.2, 0.25) is 0 Å².